The third kappa shape index (κ3) is 5.37. The number of nitrogen functional groups attached to an aromatic ring is 1. The number of hydrogen-bond donors (Lipinski definition) is 3. The van der Waals surface area contributed by atoms with E-state index in [1.54, 1.807) is 0 Å². The first-order chi connectivity index (χ1) is 23.5. The maximum atomic E-state index is 6.60. The molecule has 0 radical (unpaired) electrons. The second kappa shape index (κ2) is 12.4. The molecular weight excluding hydrogens is 608 g/mol. The minimum atomic E-state index is -0.718. The van der Waals surface area contributed by atoms with Crippen molar-refractivity contribution < 1.29 is 0 Å². The summed E-state index contributed by atoms with van der Waals surface area (Å²) >= 11 is 6.17. The van der Waals surface area contributed by atoms with Crippen LogP contribution in [0.1, 0.15) is 0 Å². The van der Waals surface area contributed by atoms with Crippen molar-refractivity contribution in [1.82, 2.24) is 4.57 Å². The van der Waals surface area contributed by atoms with Crippen molar-refractivity contribution >= 4 is 44.8 Å². The maximum absolute atomic E-state index is 6.60. The van der Waals surface area contributed by atoms with Crippen LogP contribution in [-0.2, 0) is 0 Å². The summed E-state index contributed by atoms with van der Waals surface area (Å²) in [6.45, 7) is 0. The van der Waals surface area contributed by atoms with Gasteiger partial charge in [-0.2, -0.15) is 0 Å². The fourth-order valence-corrected chi connectivity index (χ4v) is 6.90. The molecule has 48 heavy (non-hydrogen) atoms. The molecule has 1 atom stereocenters. The van der Waals surface area contributed by atoms with Crippen LogP contribution in [0.2, 0.25) is 0 Å². The third-order valence-electron chi connectivity index (χ3n) is 9.00. The summed E-state index contributed by atoms with van der Waals surface area (Å²) in [6.07, 6.45) is 0. The molecule has 8 aromatic rings. The zero-order valence-electron chi connectivity index (χ0n) is 26.1. The highest BCUT2D eigenvalue weighted by Gasteiger charge is 2.18. The van der Waals surface area contributed by atoms with Crippen LogP contribution in [0.15, 0.2) is 164 Å². The molecular formula is C43H33ClN4. The molecule has 4 nitrogen and oxygen atoms in total. The van der Waals surface area contributed by atoms with Crippen molar-refractivity contribution in [2.24, 2.45) is 5.73 Å². The second-order valence-corrected chi connectivity index (χ2v) is 12.4. The number of alkyl halides is 1. The summed E-state index contributed by atoms with van der Waals surface area (Å²) in [7, 11) is 0. The molecule has 0 aliphatic rings. The predicted molar refractivity (Wildman–Crippen MR) is 204 cm³/mol. The quantitative estimate of drug-likeness (QED) is 0.0702. The lowest BCUT2D eigenvalue weighted by molar-refractivity contribution is 1.05. The molecule has 8 rings (SSSR count). The molecule has 0 fully saturated rings. The Labute approximate surface area is 284 Å². The highest BCUT2D eigenvalue weighted by atomic mass is 35.5. The first kappa shape index (κ1) is 29.6. The molecule has 0 bridgehead atoms. The van der Waals surface area contributed by atoms with E-state index >= 15 is 0 Å². The Hall–Kier alpha value is -5.81. The number of nitrogens with zero attached hydrogens (tertiary/aromatic N) is 1. The minimum absolute atomic E-state index is 0.714. The topological polar surface area (TPSA) is 69.0 Å². The summed E-state index contributed by atoms with van der Waals surface area (Å²) in [5, 5.41) is 5.59. The molecule has 1 unspecified atom stereocenters. The summed E-state index contributed by atoms with van der Waals surface area (Å²) in [4.78, 5) is 0. The fourth-order valence-electron chi connectivity index (χ4n) is 6.78. The summed E-state index contributed by atoms with van der Waals surface area (Å²) < 4.78 is 2.37. The average molecular weight is 641 g/mol. The molecule has 232 valence electrons. The number of nitrogens with two attached hydrogens (primary N) is 2. The molecule has 0 saturated heterocycles. The van der Waals surface area contributed by atoms with Gasteiger partial charge in [-0.15, -0.1) is 0 Å². The predicted octanol–water partition coefficient (Wildman–Crippen LogP) is 10.9. The lowest BCUT2D eigenvalue weighted by Gasteiger charge is -2.18. The van der Waals surface area contributed by atoms with Gasteiger partial charge in [-0.3, -0.25) is 5.73 Å². The minimum Gasteiger partial charge on any atom is -0.398 e. The Morgan fingerprint density at radius 3 is 1.88 bits per heavy atom. The van der Waals surface area contributed by atoms with Gasteiger partial charge in [0.2, 0.25) is 0 Å². The molecule has 5 heteroatoms. The number of anilines is 2. The normalized spacial score (nSPS) is 12.0. The molecule has 0 aliphatic heterocycles. The summed E-state index contributed by atoms with van der Waals surface area (Å²) in [5.41, 5.74) is 25.5. The van der Waals surface area contributed by atoms with Crippen molar-refractivity contribution in [3.63, 3.8) is 0 Å². The van der Waals surface area contributed by atoms with Crippen LogP contribution in [0.25, 0.3) is 72.0 Å². The van der Waals surface area contributed by atoms with Gasteiger partial charge in [0.1, 0.15) is 0 Å². The SMILES string of the molecule is Nc1ccccc1-c1cc(-c2ccc3c(c2)c2ccc(-c4ccccc4)cc2n3-c2ccccc2)ccc1-c1ccccc1NC(N)Cl. The number of aromatic nitrogens is 1. The lowest BCUT2D eigenvalue weighted by atomic mass is 9.89. The summed E-state index contributed by atoms with van der Waals surface area (Å²) in [5.74, 6) is 0. The van der Waals surface area contributed by atoms with Gasteiger partial charge in [-0.1, -0.05) is 127 Å². The van der Waals surface area contributed by atoms with Crippen LogP contribution >= 0.6 is 11.6 Å². The van der Waals surface area contributed by atoms with Gasteiger partial charge < -0.3 is 15.6 Å². The van der Waals surface area contributed by atoms with E-state index in [9.17, 15) is 0 Å². The van der Waals surface area contributed by atoms with E-state index in [4.69, 9.17) is 23.1 Å². The number of halogens is 1. The van der Waals surface area contributed by atoms with Crippen LogP contribution in [-0.4, -0.2) is 10.2 Å². The van der Waals surface area contributed by atoms with Gasteiger partial charge >= 0.3 is 0 Å². The number of rotatable bonds is 7. The van der Waals surface area contributed by atoms with E-state index in [0.29, 0.717) is 5.69 Å². The molecule has 0 amide bonds. The van der Waals surface area contributed by atoms with Gasteiger partial charge in [0, 0.05) is 39.0 Å². The van der Waals surface area contributed by atoms with Crippen molar-refractivity contribution in [3.8, 4) is 50.2 Å². The zero-order chi connectivity index (χ0) is 32.6. The van der Waals surface area contributed by atoms with Crippen LogP contribution in [0, 0.1) is 0 Å². The number of hydrogen-bond acceptors (Lipinski definition) is 3. The molecule has 5 N–H and O–H groups in total. The van der Waals surface area contributed by atoms with E-state index in [1.165, 1.54) is 27.4 Å². The largest absolute Gasteiger partial charge is 0.398 e. The van der Waals surface area contributed by atoms with E-state index in [2.05, 4.69) is 137 Å². The standard InChI is InChI=1S/C43H33ClN4/c44-43(46)47-40-18-10-8-16-35(40)33-22-19-29(25-37(33)34-15-7-9-17-39(34)45)30-21-24-41-38(26-30)36-23-20-31(28-11-3-1-4-12-28)27-42(36)48(41)32-13-5-2-6-14-32/h1-27,43,47H,45-46H2. The van der Waals surface area contributed by atoms with Crippen LogP contribution in [0.3, 0.4) is 0 Å². The number of nitrogens with one attached hydrogen (secondary N) is 1. The van der Waals surface area contributed by atoms with E-state index in [0.717, 1.165) is 50.3 Å². The van der Waals surface area contributed by atoms with Gasteiger partial charge in [0.25, 0.3) is 0 Å². The van der Waals surface area contributed by atoms with Crippen molar-refractivity contribution in [2.45, 2.75) is 5.62 Å². The Bertz CT molecular complexity index is 2410. The molecule has 1 heterocycles. The summed E-state index contributed by atoms with van der Waals surface area (Å²) in [6, 6.07) is 57.3. The molecule has 0 saturated carbocycles. The van der Waals surface area contributed by atoms with Gasteiger partial charge in [0.05, 0.1) is 11.0 Å². The Morgan fingerprint density at radius 2 is 1.10 bits per heavy atom. The van der Waals surface area contributed by atoms with Gasteiger partial charge in [-0.05, 0) is 81.9 Å². The van der Waals surface area contributed by atoms with E-state index in [-0.39, 0.29) is 0 Å². The lowest BCUT2D eigenvalue weighted by Crippen LogP contribution is -2.22. The van der Waals surface area contributed by atoms with Gasteiger partial charge in [0.15, 0.2) is 5.62 Å². The highest BCUT2D eigenvalue weighted by Crippen LogP contribution is 2.42. The zero-order valence-corrected chi connectivity index (χ0v) is 26.9. The maximum Gasteiger partial charge on any atom is 0.152 e. The second-order valence-electron chi connectivity index (χ2n) is 11.9. The van der Waals surface area contributed by atoms with Gasteiger partial charge in [-0.25, -0.2) is 0 Å². The monoisotopic (exact) mass is 640 g/mol. The third-order valence-corrected chi connectivity index (χ3v) is 9.11. The van der Waals surface area contributed by atoms with Crippen LogP contribution < -0.4 is 16.8 Å². The average Bonchev–Trinajstić information content (AvgIpc) is 3.45. The van der Waals surface area contributed by atoms with E-state index in [1.807, 2.05) is 36.4 Å². The van der Waals surface area contributed by atoms with Crippen molar-refractivity contribution in [2.75, 3.05) is 11.1 Å². The van der Waals surface area contributed by atoms with Crippen molar-refractivity contribution in [1.29, 1.82) is 0 Å². The Kier molecular flexibility index (Phi) is 7.65. The highest BCUT2D eigenvalue weighted by molar-refractivity contribution is 6.21. The Morgan fingerprint density at radius 1 is 0.479 bits per heavy atom. The smallest absolute Gasteiger partial charge is 0.152 e. The van der Waals surface area contributed by atoms with Crippen LogP contribution in [0.4, 0.5) is 11.4 Å². The first-order valence-electron chi connectivity index (χ1n) is 16.0. The van der Waals surface area contributed by atoms with Crippen LogP contribution in [0.5, 0.6) is 0 Å². The number of benzene rings is 7. The molecule has 7 aromatic carbocycles. The van der Waals surface area contributed by atoms with Crippen molar-refractivity contribution in [3.05, 3.63) is 164 Å². The number of para-hydroxylation sites is 3. The first-order valence-corrected chi connectivity index (χ1v) is 16.4. The fraction of sp³-hybridized carbons (Fsp3) is 0.0233. The molecule has 1 aromatic heterocycles. The Balaban J connectivity index is 1.33. The molecule has 0 spiro atoms. The van der Waals surface area contributed by atoms with E-state index < -0.39 is 5.62 Å². The molecule has 0 aliphatic carbocycles. The number of fused-ring (bicyclic) bond motifs is 3.